The maximum Gasteiger partial charge on any atom is 0.327 e. The Bertz CT molecular complexity index is 1140. The van der Waals surface area contributed by atoms with E-state index in [2.05, 4.69) is 17.1 Å². The number of rotatable bonds is 6. The highest BCUT2D eigenvalue weighted by Crippen LogP contribution is 2.45. The maximum atomic E-state index is 13.8. The summed E-state index contributed by atoms with van der Waals surface area (Å²) in [5, 5.41) is 3.51. The molecule has 3 fully saturated rings. The summed E-state index contributed by atoms with van der Waals surface area (Å²) >= 11 is 6.25. The normalized spacial score (nSPS) is 28.1. The van der Waals surface area contributed by atoms with Crippen LogP contribution in [0.4, 0.5) is 4.79 Å². The van der Waals surface area contributed by atoms with Gasteiger partial charge in [-0.25, -0.2) is 4.79 Å². The minimum absolute atomic E-state index is 0.0888. The molecule has 2 aliphatic heterocycles. The zero-order chi connectivity index (χ0) is 25.4. The summed E-state index contributed by atoms with van der Waals surface area (Å²) in [5.41, 5.74) is 1.70. The van der Waals surface area contributed by atoms with Gasteiger partial charge in [0.1, 0.15) is 12.6 Å². The number of halogens is 1. The van der Waals surface area contributed by atoms with Crippen molar-refractivity contribution in [3.8, 4) is 0 Å². The smallest absolute Gasteiger partial charge is 0.327 e. The number of amides is 4. The molecule has 5 rings (SSSR count). The Morgan fingerprint density at radius 1 is 1.06 bits per heavy atom. The Labute approximate surface area is 217 Å². The van der Waals surface area contributed by atoms with Crippen LogP contribution in [0.2, 0.25) is 5.02 Å². The first-order valence-corrected chi connectivity index (χ1v) is 13.1. The van der Waals surface area contributed by atoms with Gasteiger partial charge in [0, 0.05) is 17.6 Å². The molecule has 7 nitrogen and oxygen atoms in total. The van der Waals surface area contributed by atoms with Crippen molar-refractivity contribution in [2.75, 3.05) is 13.6 Å². The number of urea groups is 1. The summed E-state index contributed by atoms with van der Waals surface area (Å²) < 4.78 is 0. The molecule has 0 radical (unpaired) electrons. The van der Waals surface area contributed by atoms with Crippen molar-refractivity contribution in [2.24, 2.45) is 11.8 Å². The number of benzene rings is 2. The van der Waals surface area contributed by atoms with Gasteiger partial charge in [-0.2, -0.15) is 0 Å². The molecular weight excluding hydrogens is 476 g/mol. The van der Waals surface area contributed by atoms with Crippen molar-refractivity contribution in [2.45, 2.75) is 57.4 Å². The minimum atomic E-state index is -0.442. The number of nitrogens with one attached hydrogen (secondary N) is 1. The molecular formula is C28H33ClN4O3. The molecule has 0 aromatic heterocycles. The predicted octanol–water partition coefficient (Wildman–Crippen LogP) is 3.91. The highest BCUT2D eigenvalue weighted by atomic mass is 35.5. The van der Waals surface area contributed by atoms with Gasteiger partial charge in [-0.15, -0.1) is 0 Å². The van der Waals surface area contributed by atoms with Crippen LogP contribution < -0.4 is 5.32 Å². The average Bonchev–Trinajstić information content (AvgIpc) is 3.16. The Balaban J connectivity index is 1.41. The maximum absolute atomic E-state index is 13.8. The van der Waals surface area contributed by atoms with Gasteiger partial charge in [0.15, 0.2) is 0 Å². The van der Waals surface area contributed by atoms with Crippen LogP contribution in [0.1, 0.15) is 37.3 Å². The lowest BCUT2D eigenvalue weighted by molar-refractivity contribution is -0.140. The van der Waals surface area contributed by atoms with Gasteiger partial charge in [0.25, 0.3) is 0 Å². The fraction of sp³-hybridized carbons (Fsp3) is 0.464. The number of fused-ring (bicyclic) bond motifs is 3. The molecule has 2 heterocycles. The quantitative estimate of drug-likeness (QED) is 0.642. The van der Waals surface area contributed by atoms with E-state index in [9.17, 15) is 14.4 Å². The van der Waals surface area contributed by atoms with Gasteiger partial charge < -0.3 is 10.2 Å². The van der Waals surface area contributed by atoms with E-state index < -0.39 is 6.04 Å². The van der Waals surface area contributed by atoms with Crippen molar-refractivity contribution in [3.05, 3.63) is 70.7 Å². The lowest BCUT2D eigenvalue weighted by Crippen LogP contribution is -2.66. The topological polar surface area (TPSA) is 73.0 Å². The number of hydrogen-bond acceptors (Lipinski definition) is 4. The van der Waals surface area contributed by atoms with Crippen molar-refractivity contribution in [1.29, 1.82) is 0 Å². The molecule has 190 valence electrons. The number of hydrogen-bond donors (Lipinski definition) is 1. The average molecular weight is 509 g/mol. The van der Waals surface area contributed by atoms with Crippen LogP contribution in [0.25, 0.3) is 0 Å². The zero-order valence-corrected chi connectivity index (χ0v) is 21.5. The lowest BCUT2D eigenvalue weighted by atomic mass is 9.76. The second-order valence-corrected chi connectivity index (χ2v) is 10.8. The summed E-state index contributed by atoms with van der Waals surface area (Å²) in [6.45, 7) is 2.62. The van der Waals surface area contributed by atoms with Gasteiger partial charge in [-0.05, 0) is 55.3 Å². The van der Waals surface area contributed by atoms with Crippen LogP contribution >= 0.6 is 11.6 Å². The molecule has 36 heavy (non-hydrogen) atoms. The highest BCUT2D eigenvalue weighted by Gasteiger charge is 2.59. The number of carbonyl (C=O) groups is 3. The number of nitrogens with zero attached hydrogens (tertiary/aromatic N) is 3. The largest absolute Gasteiger partial charge is 0.350 e. The third kappa shape index (κ3) is 4.62. The van der Waals surface area contributed by atoms with E-state index >= 15 is 0 Å². The fourth-order valence-corrected chi connectivity index (χ4v) is 6.55. The molecule has 5 unspecified atom stereocenters. The van der Waals surface area contributed by atoms with E-state index in [0.29, 0.717) is 10.9 Å². The number of likely N-dealkylation sites (N-methyl/N-ethyl adjacent to an activating group) is 1. The van der Waals surface area contributed by atoms with E-state index in [1.54, 1.807) is 11.0 Å². The molecule has 1 saturated carbocycles. The second kappa shape index (κ2) is 10.2. The van der Waals surface area contributed by atoms with Gasteiger partial charge in [-0.3, -0.25) is 19.4 Å². The van der Waals surface area contributed by atoms with E-state index in [-0.39, 0.29) is 55.5 Å². The lowest BCUT2D eigenvalue weighted by Gasteiger charge is -2.44. The van der Waals surface area contributed by atoms with Crippen LogP contribution in [0.5, 0.6) is 0 Å². The highest BCUT2D eigenvalue weighted by molar-refractivity contribution is 6.31. The number of carbonyl (C=O) groups excluding carboxylic acids is 3. The molecule has 8 heteroatoms. The van der Waals surface area contributed by atoms with Crippen LogP contribution in [0, 0.1) is 11.8 Å². The molecule has 2 aromatic carbocycles. The summed E-state index contributed by atoms with van der Waals surface area (Å²) in [5.74, 6) is 0.283. The summed E-state index contributed by atoms with van der Waals surface area (Å²) in [4.78, 5) is 45.9. The first kappa shape index (κ1) is 24.8. The third-order valence-corrected chi connectivity index (χ3v) is 8.50. The standard InChI is InChI=1S/C28H33ClN4O3/c1-18-12-13-23-21(14-18)25-26(31(23)2)27(35)33(16-19-8-4-3-5-9-19)28(36)32(25)17-24(34)30-15-20-10-6-7-11-22(20)29/h3-11,18,21,23,25-26H,12-17H2,1-2H3,(H,30,34). The molecule has 3 aliphatic rings. The Morgan fingerprint density at radius 2 is 1.78 bits per heavy atom. The van der Waals surface area contributed by atoms with Gasteiger partial charge in [0.2, 0.25) is 11.8 Å². The first-order chi connectivity index (χ1) is 17.3. The SMILES string of the molecule is CC1CCC2C(C1)C1C(C(=O)N(Cc3ccccc3)C(=O)N1CC(=O)NCc1ccccc1Cl)N2C. The van der Waals surface area contributed by atoms with Crippen molar-refractivity contribution >= 4 is 29.4 Å². The molecule has 4 amide bonds. The monoisotopic (exact) mass is 508 g/mol. The van der Waals surface area contributed by atoms with E-state index in [4.69, 9.17) is 11.6 Å². The Hall–Kier alpha value is -2.90. The summed E-state index contributed by atoms with van der Waals surface area (Å²) in [6, 6.07) is 16.0. The second-order valence-electron chi connectivity index (χ2n) is 10.4. The van der Waals surface area contributed by atoms with E-state index in [0.717, 1.165) is 30.4 Å². The van der Waals surface area contributed by atoms with Crippen LogP contribution in [-0.4, -0.2) is 64.3 Å². The molecule has 1 N–H and O–H groups in total. The molecule has 2 saturated heterocycles. The van der Waals surface area contributed by atoms with Crippen LogP contribution in [-0.2, 0) is 22.7 Å². The van der Waals surface area contributed by atoms with Gasteiger partial charge in [0.05, 0.1) is 12.6 Å². The molecule has 2 aromatic rings. The van der Waals surface area contributed by atoms with E-state index in [1.165, 1.54) is 4.90 Å². The fourth-order valence-electron chi connectivity index (χ4n) is 6.35. The predicted molar refractivity (Wildman–Crippen MR) is 138 cm³/mol. The van der Waals surface area contributed by atoms with Crippen LogP contribution in [0.3, 0.4) is 0 Å². The van der Waals surface area contributed by atoms with Crippen molar-refractivity contribution < 1.29 is 14.4 Å². The summed E-state index contributed by atoms with van der Waals surface area (Å²) in [6.07, 6.45) is 3.06. The van der Waals surface area contributed by atoms with Gasteiger partial charge in [-0.1, -0.05) is 67.1 Å². The zero-order valence-electron chi connectivity index (χ0n) is 20.8. The molecule has 0 spiro atoms. The van der Waals surface area contributed by atoms with E-state index in [1.807, 2.05) is 55.6 Å². The van der Waals surface area contributed by atoms with Crippen molar-refractivity contribution in [3.63, 3.8) is 0 Å². The summed E-state index contributed by atoms with van der Waals surface area (Å²) in [7, 11) is 2.00. The molecule has 0 bridgehead atoms. The Morgan fingerprint density at radius 3 is 2.53 bits per heavy atom. The first-order valence-electron chi connectivity index (χ1n) is 12.7. The third-order valence-electron chi connectivity index (χ3n) is 8.13. The Kier molecular flexibility index (Phi) is 7.04. The number of imide groups is 1. The van der Waals surface area contributed by atoms with Gasteiger partial charge >= 0.3 is 6.03 Å². The number of likely N-dealkylation sites (tertiary alicyclic amines) is 1. The molecule has 1 aliphatic carbocycles. The molecule has 5 atom stereocenters. The van der Waals surface area contributed by atoms with Crippen molar-refractivity contribution in [1.82, 2.24) is 20.0 Å². The minimum Gasteiger partial charge on any atom is -0.350 e. The van der Waals surface area contributed by atoms with Crippen LogP contribution in [0.15, 0.2) is 54.6 Å².